The highest BCUT2D eigenvalue weighted by Gasteiger charge is 2.14. The molecule has 0 aliphatic heterocycles. The zero-order chi connectivity index (χ0) is 17.1. The molecule has 0 aliphatic rings. The Hall–Kier alpha value is -2.68. The van der Waals surface area contributed by atoms with Crippen LogP contribution in [-0.4, -0.2) is 24.7 Å². The summed E-state index contributed by atoms with van der Waals surface area (Å²) in [5, 5.41) is 8.34. The fourth-order valence-corrected chi connectivity index (χ4v) is 2.82. The molecule has 0 unspecified atom stereocenters. The molecule has 0 bridgehead atoms. The maximum absolute atomic E-state index is 12.2. The van der Waals surface area contributed by atoms with Crippen molar-refractivity contribution in [3.05, 3.63) is 68.1 Å². The average Bonchev–Trinajstić information content (AvgIpc) is 3.03. The summed E-state index contributed by atoms with van der Waals surface area (Å²) >= 11 is 1.37. The highest BCUT2D eigenvalue weighted by atomic mass is 32.2. The third-order valence-electron chi connectivity index (χ3n) is 3.46. The molecule has 8 nitrogen and oxygen atoms in total. The lowest BCUT2D eigenvalue weighted by Gasteiger charge is -2.04. The molecule has 9 heteroatoms. The average molecular weight is 345 g/mol. The van der Waals surface area contributed by atoms with Crippen LogP contribution < -0.4 is 11.2 Å². The number of H-pyrrole nitrogens is 1. The van der Waals surface area contributed by atoms with Crippen molar-refractivity contribution >= 4 is 11.8 Å². The van der Waals surface area contributed by atoms with Crippen LogP contribution >= 0.6 is 11.8 Å². The number of hydrogen-bond acceptors (Lipinski definition) is 7. The second-order valence-corrected chi connectivity index (χ2v) is 6.07. The summed E-state index contributed by atoms with van der Waals surface area (Å²) in [7, 11) is 1.42. The Balaban J connectivity index is 1.74. The molecule has 0 aromatic carbocycles. The van der Waals surface area contributed by atoms with Gasteiger partial charge in [0.1, 0.15) is 0 Å². The Morgan fingerprint density at radius 3 is 2.88 bits per heavy atom. The zero-order valence-corrected chi connectivity index (χ0v) is 14.0. The number of nitrogens with zero attached hydrogens (tertiary/aromatic N) is 4. The number of nitrogens with one attached hydrogen (secondary N) is 1. The highest BCUT2D eigenvalue weighted by Crippen LogP contribution is 2.21. The third-order valence-corrected chi connectivity index (χ3v) is 4.31. The summed E-state index contributed by atoms with van der Waals surface area (Å²) < 4.78 is 6.59. The van der Waals surface area contributed by atoms with Gasteiger partial charge in [0.2, 0.25) is 5.89 Å². The largest absolute Gasteiger partial charge is 0.416 e. The zero-order valence-electron chi connectivity index (χ0n) is 13.1. The van der Waals surface area contributed by atoms with E-state index in [2.05, 4.69) is 20.2 Å². The Labute approximate surface area is 141 Å². The minimum Gasteiger partial charge on any atom is -0.416 e. The summed E-state index contributed by atoms with van der Waals surface area (Å²) in [6.45, 7) is 1.67. The Kier molecular flexibility index (Phi) is 4.61. The number of thioether (sulfide) groups is 1. The third kappa shape index (κ3) is 3.46. The van der Waals surface area contributed by atoms with Gasteiger partial charge in [-0.2, -0.15) is 0 Å². The fraction of sp³-hybridized carbons (Fsp3) is 0.267. The van der Waals surface area contributed by atoms with Crippen molar-refractivity contribution in [3.8, 4) is 0 Å². The molecule has 3 aromatic rings. The van der Waals surface area contributed by atoms with Crippen molar-refractivity contribution in [2.24, 2.45) is 7.05 Å². The summed E-state index contributed by atoms with van der Waals surface area (Å²) in [5.74, 6) is 0.938. The van der Waals surface area contributed by atoms with E-state index in [1.54, 1.807) is 13.1 Å². The molecule has 24 heavy (non-hydrogen) atoms. The molecule has 3 heterocycles. The minimum absolute atomic E-state index is 0.173. The standard InChI is InChI=1S/C15H15N5O3S/c1-9-11(13(21)20(2)14(22)17-9)7-12-18-19-15(23-12)24-8-10-5-3-4-6-16-10/h3-6H,7-8H2,1-2H3,(H,17,22). The molecule has 0 saturated carbocycles. The number of aryl methyl sites for hydroxylation is 1. The first-order valence-electron chi connectivity index (χ1n) is 7.18. The summed E-state index contributed by atoms with van der Waals surface area (Å²) in [5.41, 5.74) is 1.04. The van der Waals surface area contributed by atoms with E-state index in [0.717, 1.165) is 10.3 Å². The fourth-order valence-electron chi connectivity index (χ4n) is 2.12. The lowest BCUT2D eigenvalue weighted by Crippen LogP contribution is -2.36. The van der Waals surface area contributed by atoms with Gasteiger partial charge >= 0.3 is 5.69 Å². The van der Waals surface area contributed by atoms with E-state index < -0.39 is 5.69 Å². The van der Waals surface area contributed by atoms with Crippen LogP contribution in [0.5, 0.6) is 0 Å². The molecule has 0 radical (unpaired) electrons. The van der Waals surface area contributed by atoms with Gasteiger partial charge in [0.25, 0.3) is 10.8 Å². The second-order valence-electron chi connectivity index (χ2n) is 5.15. The lowest BCUT2D eigenvalue weighted by molar-refractivity contribution is 0.419. The molecular weight excluding hydrogens is 330 g/mol. The van der Waals surface area contributed by atoms with Gasteiger partial charge in [-0.05, 0) is 19.1 Å². The van der Waals surface area contributed by atoms with Crippen molar-refractivity contribution in [2.45, 2.75) is 24.3 Å². The predicted molar refractivity (Wildman–Crippen MR) is 87.9 cm³/mol. The van der Waals surface area contributed by atoms with Gasteiger partial charge < -0.3 is 9.40 Å². The van der Waals surface area contributed by atoms with Crippen LogP contribution in [0.2, 0.25) is 0 Å². The summed E-state index contributed by atoms with van der Waals surface area (Å²) in [4.78, 5) is 30.6. The van der Waals surface area contributed by atoms with Gasteiger partial charge in [0.05, 0.1) is 12.1 Å². The Morgan fingerprint density at radius 2 is 2.12 bits per heavy atom. The summed E-state index contributed by atoms with van der Waals surface area (Å²) in [6, 6.07) is 5.68. The minimum atomic E-state index is -0.446. The normalized spacial score (nSPS) is 10.9. The monoisotopic (exact) mass is 345 g/mol. The molecule has 0 atom stereocenters. The first-order valence-corrected chi connectivity index (χ1v) is 8.17. The van der Waals surface area contributed by atoms with E-state index in [1.165, 1.54) is 18.8 Å². The summed E-state index contributed by atoms with van der Waals surface area (Å²) in [6.07, 6.45) is 1.90. The van der Waals surface area contributed by atoms with E-state index in [-0.39, 0.29) is 12.0 Å². The number of aromatic nitrogens is 5. The van der Waals surface area contributed by atoms with Crippen LogP contribution in [0.4, 0.5) is 0 Å². The van der Waals surface area contributed by atoms with Crippen molar-refractivity contribution in [2.75, 3.05) is 0 Å². The van der Waals surface area contributed by atoms with E-state index in [9.17, 15) is 9.59 Å². The van der Waals surface area contributed by atoms with Crippen LogP contribution in [0.1, 0.15) is 22.8 Å². The van der Waals surface area contributed by atoms with Crippen LogP contribution in [0.3, 0.4) is 0 Å². The van der Waals surface area contributed by atoms with E-state index in [1.807, 2.05) is 18.2 Å². The number of rotatable bonds is 5. The number of hydrogen-bond donors (Lipinski definition) is 1. The van der Waals surface area contributed by atoms with Crippen LogP contribution in [-0.2, 0) is 19.2 Å². The van der Waals surface area contributed by atoms with E-state index >= 15 is 0 Å². The first-order chi connectivity index (χ1) is 11.5. The Bertz CT molecular complexity index is 961. The van der Waals surface area contributed by atoms with Crippen molar-refractivity contribution in [1.29, 1.82) is 0 Å². The van der Waals surface area contributed by atoms with E-state index in [0.29, 0.717) is 28.1 Å². The van der Waals surface area contributed by atoms with Crippen LogP contribution in [0, 0.1) is 6.92 Å². The first kappa shape index (κ1) is 16.2. The van der Waals surface area contributed by atoms with Gasteiger partial charge in [-0.1, -0.05) is 17.8 Å². The highest BCUT2D eigenvalue weighted by molar-refractivity contribution is 7.98. The molecule has 1 N–H and O–H groups in total. The van der Waals surface area contributed by atoms with Gasteiger partial charge in [0, 0.05) is 30.3 Å². The molecule has 3 rings (SSSR count). The van der Waals surface area contributed by atoms with Crippen molar-refractivity contribution in [1.82, 2.24) is 24.7 Å². The van der Waals surface area contributed by atoms with Crippen LogP contribution in [0.15, 0.2) is 43.6 Å². The van der Waals surface area contributed by atoms with Gasteiger partial charge in [-0.15, -0.1) is 10.2 Å². The van der Waals surface area contributed by atoms with Crippen molar-refractivity contribution in [3.63, 3.8) is 0 Å². The Morgan fingerprint density at radius 1 is 1.29 bits per heavy atom. The smallest absolute Gasteiger partial charge is 0.328 e. The van der Waals surface area contributed by atoms with Gasteiger partial charge in [-0.3, -0.25) is 14.3 Å². The molecular formula is C15H15N5O3S. The maximum Gasteiger partial charge on any atom is 0.328 e. The molecule has 0 fully saturated rings. The quantitative estimate of drug-likeness (QED) is 0.689. The molecule has 0 aliphatic carbocycles. The topological polar surface area (TPSA) is 107 Å². The van der Waals surface area contributed by atoms with Crippen LogP contribution in [0.25, 0.3) is 0 Å². The van der Waals surface area contributed by atoms with Gasteiger partial charge in [-0.25, -0.2) is 4.79 Å². The second kappa shape index (κ2) is 6.83. The predicted octanol–water partition coefficient (Wildman–Crippen LogP) is 1.04. The van der Waals surface area contributed by atoms with Crippen molar-refractivity contribution < 1.29 is 4.42 Å². The lowest BCUT2D eigenvalue weighted by atomic mass is 10.2. The number of pyridine rings is 1. The van der Waals surface area contributed by atoms with E-state index in [4.69, 9.17) is 4.42 Å². The molecule has 0 spiro atoms. The molecule has 0 saturated heterocycles. The molecule has 0 amide bonds. The molecule has 3 aromatic heterocycles. The van der Waals surface area contributed by atoms with Gasteiger partial charge in [0.15, 0.2) is 0 Å². The number of aromatic amines is 1. The molecule has 124 valence electrons. The maximum atomic E-state index is 12.2. The SMILES string of the molecule is Cc1[nH]c(=O)n(C)c(=O)c1Cc1nnc(SCc2ccccn2)o1.